The molecule has 2 N–H and O–H groups in total. The zero-order chi connectivity index (χ0) is 15.5. The molecule has 1 aliphatic carbocycles. The molecule has 122 valence electrons. The molecule has 1 amide bonds. The Bertz CT molecular complexity index is 510. The zero-order valence-corrected chi connectivity index (χ0v) is 13.6. The van der Waals surface area contributed by atoms with Crippen LogP contribution in [0.4, 0.5) is 0 Å². The highest BCUT2D eigenvalue weighted by Gasteiger charge is 2.34. The Morgan fingerprint density at radius 2 is 2.32 bits per heavy atom. The van der Waals surface area contributed by atoms with Crippen molar-refractivity contribution in [3.63, 3.8) is 0 Å². The first-order valence-electron chi connectivity index (χ1n) is 8.40. The largest absolute Gasteiger partial charge is 0.355 e. The van der Waals surface area contributed by atoms with Gasteiger partial charge >= 0.3 is 0 Å². The van der Waals surface area contributed by atoms with E-state index in [2.05, 4.69) is 27.6 Å². The van der Waals surface area contributed by atoms with Gasteiger partial charge in [-0.2, -0.15) is 5.10 Å². The molecule has 1 aromatic heterocycles. The maximum absolute atomic E-state index is 12.5. The highest BCUT2D eigenvalue weighted by molar-refractivity contribution is 5.80. The number of rotatable bonds is 7. The van der Waals surface area contributed by atoms with E-state index in [1.54, 1.807) is 4.68 Å². The van der Waals surface area contributed by atoms with Crippen LogP contribution < -0.4 is 10.6 Å². The minimum absolute atomic E-state index is 0.0141. The van der Waals surface area contributed by atoms with E-state index in [-0.39, 0.29) is 17.7 Å². The van der Waals surface area contributed by atoms with Crippen molar-refractivity contribution in [3.05, 3.63) is 18.0 Å². The average molecular weight is 305 g/mol. The van der Waals surface area contributed by atoms with Crippen molar-refractivity contribution >= 4 is 5.91 Å². The van der Waals surface area contributed by atoms with Crippen LogP contribution in [0.15, 0.2) is 12.4 Å². The number of nitrogens with one attached hydrogen (secondary N) is 2. The lowest BCUT2D eigenvalue weighted by Crippen LogP contribution is -2.40. The number of nitrogens with zero attached hydrogens (tertiary/aromatic N) is 3. The quantitative estimate of drug-likeness (QED) is 0.762. The summed E-state index contributed by atoms with van der Waals surface area (Å²) in [6, 6.07) is 0.762. The van der Waals surface area contributed by atoms with Crippen molar-refractivity contribution in [2.24, 2.45) is 13.0 Å². The third-order valence-electron chi connectivity index (χ3n) is 4.87. The van der Waals surface area contributed by atoms with Crippen LogP contribution in [0.2, 0.25) is 0 Å². The van der Waals surface area contributed by atoms with Crippen LogP contribution in [0.3, 0.4) is 0 Å². The fraction of sp³-hybridized carbons (Fsp3) is 0.750. The predicted molar refractivity (Wildman–Crippen MR) is 85.6 cm³/mol. The molecule has 2 heterocycles. The number of carbonyl (C=O) groups is 1. The van der Waals surface area contributed by atoms with E-state index < -0.39 is 0 Å². The maximum Gasteiger partial charge on any atom is 0.225 e. The van der Waals surface area contributed by atoms with Gasteiger partial charge in [-0.25, -0.2) is 0 Å². The van der Waals surface area contributed by atoms with Crippen molar-refractivity contribution in [3.8, 4) is 0 Å². The van der Waals surface area contributed by atoms with Gasteiger partial charge in [0.05, 0.1) is 12.1 Å². The first-order chi connectivity index (χ1) is 10.7. The van der Waals surface area contributed by atoms with Crippen LogP contribution in [0.25, 0.3) is 0 Å². The zero-order valence-electron chi connectivity index (χ0n) is 13.6. The number of amides is 1. The number of aryl methyl sites for hydroxylation is 1. The van der Waals surface area contributed by atoms with Gasteiger partial charge in [-0.1, -0.05) is 6.92 Å². The fourth-order valence-electron chi connectivity index (χ4n) is 3.43. The van der Waals surface area contributed by atoms with Crippen LogP contribution in [-0.2, 0) is 11.8 Å². The third-order valence-corrected chi connectivity index (χ3v) is 4.87. The SMILES string of the molecule is CCN(CCNC(=O)[C@H]1CNC[C@@H]1c1cnn(C)c1)C1CC1. The van der Waals surface area contributed by atoms with Crippen molar-refractivity contribution in [1.82, 2.24) is 25.3 Å². The topological polar surface area (TPSA) is 62.2 Å². The number of likely N-dealkylation sites (N-methyl/N-ethyl adjacent to an activating group) is 1. The summed E-state index contributed by atoms with van der Waals surface area (Å²) in [6.07, 6.45) is 6.53. The first-order valence-corrected chi connectivity index (χ1v) is 8.40. The second-order valence-corrected chi connectivity index (χ2v) is 6.47. The van der Waals surface area contributed by atoms with E-state index >= 15 is 0 Å². The Kier molecular flexibility index (Phi) is 4.78. The van der Waals surface area contributed by atoms with Gasteiger partial charge in [0.15, 0.2) is 0 Å². The molecule has 3 rings (SSSR count). The lowest BCUT2D eigenvalue weighted by molar-refractivity contribution is -0.124. The average Bonchev–Trinajstić information content (AvgIpc) is 3.06. The van der Waals surface area contributed by atoms with Crippen molar-refractivity contribution < 1.29 is 4.79 Å². The summed E-state index contributed by atoms with van der Waals surface area (Å²) >= 11 is 0. The molecule has 1 aromatic rings. The number of hydrogen-bond acceptors (Lipinski definition) is 4. The van der Waals surface area contributed by atoms with E-state index in [0.717, 1.165) is 44.3 Å². The Morgan fingerprint density at radius 1 is 1.50 bits per heavy atom. The fourth-order valence-corrected chi connectivity index (χ4v) is 3.43. The lowest BCUT2D eigenvalue weighted by atomic mass is 9.90. The molecule has 2 atom stereocenters. The predicted octanol–water partition coefficient (Wildman–Crippen LogP) is 0.324. The van der Waals surface area contributed by atoms with Gasteiger partial charge in [0, 0.05) is 51.4 Å². The first kappa shape index (κ1) is 15.5. The van der Waals surface area contributed by atoms with Gasteiger partial charge in [0.25, 0.3) is 0 Å². The van der Waals surface area contributed by atoms with Crippen molar-refractivity contribution in [2.75, 3.05) is 32.7 Å². The molecule has 6 nitrogen and oxygen atoms in total. The van der Waals surface area contributed by atoms with E-state index in [9.17, 15) is 4.79 Å². The number of carbonyl (C=O) groups excluding carboxylic acids is 1. The summed E-state index contributed by atoms with van der Waals surface area (Å²) in [5.74, 6) is 0.422. The van der Waals surface area contributed by atoms with E-state index in [4.69, 9.17) is 0 Å². The molecule has 2 fully saturated rings. The lowest BCUT2D eigenvalue weighted by Gasteiger charge is -2.21. The molecule has 0 radical (unpaired) electrons. The molecular formula is C16H27N5O. The summed E-state index contributed by atoms with van der Waals surface area (Å²) in [5, 5.41) is 10.7. The van der Waals surface area contributed by atoms with Gasteiger partial charge < -0.3 is 10.6 Å². The summed E-state index contributed by atoms with van der Waals surface area (Å²) in [7, 11) is 1.91. The molecule has 6 heteroatoms. The molecule has 1 saturated carbocycles. The smallest absolute Gasteiger partial charge is 0.225 e. The highest BCUT2D eigenvalue weighted by atomic mass is 16.1. The van der Waals surface area contributed by atoms with Gasteiger partial charge in [0.1, 0.15) is 0 Å². The highest BCUT2D eigenvalue weighted by Crippen LogP contribution is 2.28. The number of hydrogen-bond donors (Lipinski definition) is 2. The Labute approximate surface area is 132 Å². The van der Waals surface area contributed by atoms with Gasteiger partial charge in [-0.15, -0.1) is 0 Å². The Hall–Kier alpha value is -1.40. The summed E-state index contributed by atoms with van der Waals surface area (Å²) in [4.78, 5) is 15.0. The van der Waals surface area contributed by atoms with Crippen molar-refractivity contribution in [1.29, 1.82) is 0 Å². The van der Waals surface area contributed by atoms with E-state index in [0.29, 0.717) is 0 Å². The summed E-state index contributed by atoms with van der Waals surface area (Å²) in [6.45, 7) is 6.59. The third kappa shape index (κ3) is 3.50. The minimum atomic E-state index is 0.0141. The van der Waals surface area contributed by atoms with E-state index in [1.165, 1.54) is 12.8 Å². The Balaban J connectivity index is 1.50. The maximum atomic E-state index is 12.5. The molecule has 1 saturated heterocycles. The molecule has 2 aliphatic rings. The molecule has 0 bridgehead atoms. The summed E-state index contributed by atoms with van der Waals surface area (Å²) < 4.78 is 1.80. The second kappa shape index (κ2) is 6.79. The van der Waals surface area contributed by atoms with Crippen molar-refractivity contribution in [2.45, 2.75) is 31.7 Å². The number of aromatic nitrogens is 2. The molecule has 22 heavy (non-hydrogen) atoms. The van der Waals surface area contributed by atoms with Crippen LogP contribution in [-0.4, -0.2) is 59.4 Å². The van der Waals surface area contributed by atoms with Crippen LogP contribution in [0, 0.1) is 5.92 Å². The van der Waals surface area contributed by atoms with Crippen LogP contribution >= 0.6 is 0 Å². The van der Waals surface area contributed by atoms with Gasteiger partial charge in [-0.3, -0.25) is 14.4 Å². The molecule has 1 aliphatic heterocycles. The minimum Gasteiger partial charge on any atom is -0.355 e. The van der Waals surface area contributed by atoms with Crippen LogP contribution in [0.1, 0.15) is 31.2 Å². The standard InChI is InChI=1S/C16H27N5O/c1-3-21(13-4-5-13)7-6-18-16(22)15-10-17-9-14(15)12-8-19-20(2)11-12/h8,11,13-15,17H,3-7,9-10H2,1-2H3,(H,18,22)/t14-,15+/m1/s1. The second-order valence-electron chi connectivity index (χ2n) is 6.47. The van der Waals surface area contributed by atoms with E-state index in [1.807, 2.05) is 19.4 Å². The molecular weight excluding hydrogens is 278 g/mol. The van der Waals surface area contributed by atoms with Gasteiger partial charge in [-0.05, 0) is 24.9 Å². The van der Waals surface area contributed by atoms with Crippen LogP contribution in [0.5, 0.6) is 0 Å². The molecule has 0 unspecified atom stereocenters. The van der Waals surface area contributed by atoms with Gasteiger partial charge in [0.2, 0.25) is 5.91 Å². The summed E-state index contributed by atoms with van der Waals surface area (Å²) in [5.41, 5.74) is 1.15. The monoisotopic (exact) mass is 305 g/mol. The normalized spacial score (nSPS) is 24.9. The molecule has 0 spiro atoms. The Morgan fingerprint density at radius 3 is 2.95 bits per heavy atom. The molecule has 0 aromatic carbocycles.